The Labute approximate surface area is 139 Å². The van der Waals surface area contributed by atoms with Gasteiger partial charge in [0, 0.05) is 28.4 Å². The van der Waals surface area contributed by atoms with Crippen LogP contribution in [-0.2, 0) is 6.42 Å². The van der Waals surface area contributed by atoms with E-state index in [0.717, 1.165) is 5.56 Å². The molecule has 3 nitrogen and oxygen atoms in total. The summed E-state index contributed by atoms with van der Waals surface area (Å²) in [6, 6.07) is 8.42. The average molecular weight is 356 g/mol. The van der Waals surface area contributed by atoms with Gasteiger partial charge in [-0.15, -0.1) is 24.8 Å². The quantitative estimate of drug-likeness (QED) is 0.703. The minimum Gasteiger partial charge on any atom is -0.506 e. The van der Waals surface area contributed by atoms with E-state index in [0.29, 0.717) is 28.4 Å². The predicted molar refractivity (Wildman–Crippen MR) is 90.7 cm³/mol. The summed E-state index contributed by atoms with van der Waals surface area (Å²) in [4.78, 5) is 0. The van der Waals surface area contributed by atoms with E-state index < -0.39 is 0 Å². The summed E-state index contributed by atoms with van der Waals surface area (Å²) in [7, 11) is 0. The molecule has 0 spiro atoms. The van der Waals surface area contributed by atoms with Crippen molar-refractivity contribution in [2.45, 2.75) is 6.42 Å². The smallest absolute Gasteiger partial charge is 0.137 e. The van der Waals surface area contributed by atoms with Crippen LogP contribution in [0.5, 0.6) is 5.75 Å². The molecule has 7 heteroatoms. The van der Waals surface area contributed by atoms with Crippen molar-refractivity contribution in [1.29, 1.82) is 0 Å². The van der Waals surface area contributed by atoms with Gasteiger partial charge in [-0.1, -0.05) is 29.3 Å². The molecule has 0 aromatic heterocycles. The van der Waals surface area contributed by atoms with Gasteiger partial charge < -0.3 is 16.6 Å². The largest absolute Gasteiger partial charge is 0.506 e. The maximum atomic E-state index is 9.87. The van der Waals surface area contributed by atoms with E-state index in [9.17, 15) is 5.11 Å². The molecular formula is C13H14Cl4N2O. The second-order valence-corrected chi connectivity index (χ2v) is 4.87. The minimum absolute atomic E-state index is 0. The van der Waals surface area contributed by atoms with Gasteiger partial charge in [-0.3, -0.25) is 0 Å². The van der Waals surface area contributed by atoms with E-state index in [4.69, 9.17) is 34.7 Å². The van der Waals surface area contributed by atoms with Crippen molar-refractivity contribution in [2.75, 3.05) is 11.5 Å². The van der Waals surface area contributed by atoms with E-state index in [1.165, 1.54) is 6.07 Å². The fourth-order valence-electron chi connectivity index (χ4n) is 1.73. The Bertz CT molecular complexity index is 605. The van der Waals surface area contributed by atoms with Gasteiger partial charge in [0.15, 0.2) is 0 Å². The first kappa shape index (κ1) is 19.0. The Morgan fingerprint density at radius 1 is 0.950 bits per heavy atom. The van der Waals surface area contributed by atoms with Gasteiger partial charge in [-0.2, -0.15) is 0 Å². The highest BCUT2D eigenvalue weighted by molar-refractivity contribution is 6.35. The lowest BCUT2D eigenvalue weighted by Crippen LogP contribution is -1.98. The zero-order valence-corrected chi connectivity index (χ0v) is 13.4. The number of hydrogen-bond donors (Lipinski definition) is 3. The summed E-state index contributed by atoms with van der Waals surface area (Å²) in [5.74, 6) is 0.0253. The van der Waals surface area contributed by atoms with Crippen LogP contribution in [0.15, 0.2) is 30.3 Å². The molecule has 20 heavy (non-hydrogen) atoms. The first-order valence-electron chi connectivity index (χ1n) is 5.28. The Hall–Kier alpha value is -1.00. The standard InChI is InChI=1S/C13H12Cl2N2O.2ClH/c14-9-4-8(13(18)11(15)5-9)3-7-1-2-10(16)6-12(7)17;;/h1-2,4-6,18H,3,16-17H2;2*1H. The third kappa shape index (κ3) is 4.25. The molecule has 2 aromatic carbocycles. The molecule has 0 atom stereocenters. The monoisotopic (exact) mass is 354 g/mol. The van der Waals surface area contributed by atoms with Crippen molar-refractivity contribution in [1.82, 2.24) is 0 Å². The molecule has 2 aromatic rings. The fourth-order valence-corrected chi connectivity index (χ4v) is 2.27. The Kier molecular flexibility index (Phi) is 7.31. The molecule has 5 N–H and O–H groups in total. The van der Waals surface area contributed by atoms with Crippen molar-refractivity contribution < 1.29 is 5.11 Å². The summed E-state index contributed by atoms with van der Waals surface area (Å²) >= 11 is 11.8. The number of benzene rings is 2. The SMILES string of the molecule is Cl.Cl.Nc1ccc(Cc2cc(Cl)cc(Cl)c2O)c(N)c1. The third-order valence-electron chi connectivity index (χ3n) is 2.66. The summed E-state index contributed by atoms with van der Waals surface area (Å²) in [6.07, 6.45) is 0.443. The molecule has 0 aliphatic rings. The number of halogens is 4. The van der Waals surface area contributed by atoms with Crippen LogP contribution in [0.3, 0.4) is 0 Å². The van der Waals surface area contributed by atoms with Gasteiger partial charge in [-0.25, -0.2) is 0 Å². The number of nitrogen functional groups attached to an aromatic ring is 2. The molecule has 0 saturated carbocycles. The highest BCUT2D eigenvalue weighted by Crippen LogP contribution is 2.33. The van der Waals surface area contributed by atoms with Gasteiger partial charge in [-0.05, 0) is 29.8 Å². The van der Waals surface area contributed by atoms with E-state index in [2.05, 4.69) is 0 Å². The van der Waals surface area contributed by atoms with E-state index in [-0.39, 0.29) is 35.6 Å². The summed E-state index contributed by atoms with van der Waals surface area (Å²) in [6.45, 7) is 0. The maximum Gasteiger partial charge on any atom is 0.137 e. The lowest BCUT2D eigenvalue weighted by atomic mass is 10.0. The summed E-state index contributed by atoms with van der Waals surface area (Å²) in [5.41, 5.74) is 14.2. The number of nitrogens with two attached hydrogens (primary N) is 2. The third-order valence-corrected chi connectivity index (χ3v) is 3.16. The molecule has 0 saturated heterocycles. The zero-order valence-electron chi connectivity index (χ0n) is 10.3. The molecule has 0 radical (unpaired) electrons. The summed E-state index contributed by atoms with van der Waals surface area (Å²) < 4.78 is 0. The van der Waals surface area contributed by atoms with E-state index >= 15 is 0 Å². The van der Waals surface area contributed by atoms with Crippen LogP contribution in [0.25, 0.3) is 0 Å². The Balaban J connectivity index is 0.00000180. The molecule has 0 fully saturated rings. The molecule has 2 rings (SSSR count). The number of anilines is 2. The van der Waals surface area contributed by atoms with Gasteiger partial charge >= 0.3 is 0 Å². The Morgan fingerprint density at radius 3 is 2.20 bits per heavy atom. The lowest BCUT2D eigenvalue weighted by molar-refractivity contribution is 0.470. The second kappa shape index (κ2) is 7.70. The van der Waals surface area contributed by atoms with Crippen LogP contribution in [0, 0.1) is 0 Å². The number of phenols is 1. The molecule has 0 bridgehead atoms. The van der Waals surface area contributed by atoms with Crippen molar-refractivity contribution in [3.63, 3.8) is 0 Å². The van der Waals surface area contributed by atoms with Crippen molar-refractivity contribution in [3.05, 3.63) is 51.5 Å². The number of hydrogen-bond acceptors (Lipinski definition) is 3. The first-order valence-corrected chi connectivity index (χ1v) is 6.03. The van der Waals surface area contributed by atoms with Gasteiger partial charge in [0.1, 0.15) is 5.75 Å². The second-order valence-electron chi connectivity index (χ2n) is 4.03. The van der Waals surface area contributed by atoms with Crippen LogP contribution in [-0.4, -0.2) is 5.11 Å². The van der Waals surface area contributed by atoms with E-state index in [1.54, 1.807) is 18.2 Å². The highest BCUT2D eigenvalue weighted by atomic mass is 35.5. The van der Waals surface area contributed by atoms with Crippen LogP contribution in [0.1, 0.15) is 11.1 Å². The van der Waals surface area contributed by atoms with Crippen LogP contribution in [0.2, 0.25) is 10.0 Å². The molecular weight excluding hydrogens is 342 g/mol. The van der Waals surface area contributed by atoms with Gasteiger partial charge in [0.05, 0.1) is 5.02 Å². The zero-order chi connectivity index (χ0) is 13.3. The maximum absolute atomic E-state index is 9.87. The molecule has 0 unspecified atom stereocenters. The molecule has 0 heterocycles. The van der Waals surface area contributed by atoms with Gasteiger partial charge in [0.2, 0.25) is 0 Å². The fraction of sp³-hybridized carbons (Fsp3) is 0.0769. The van der Waals surface area contributed by atoms with Crippen molar-refractivity contribution in [3.8, 4) is 5.75 Å². The van der Waals surface area contributed by atoms with Crippen LogP contribution >= 0.6 is 48.0 Å². The number of phenolic OH excluding ortho intramolecular Hbond substituents is 1. The number of rotatable bonds is 2. The molecule has 0 aliphatic heterocycles. The first-order chi connectivity index (χ1) is 8.47. The molecule has 110 valence electrons. The summed E-state index contributed by atoms with van der Waals surface area (Å²) in [5, 5.41) is 10.6. The minimum atomic E-state index is 0. The Morgan fingerprint density at radius 2 is 1.60 bits per heavy atom. The topological polar surface area (TPSA) is 72.3 Å². The van der Waals surface area contributed by atoms with E-state index in [1.807, 2.05) is 6.07 Å². The van der Waals surface area contributed by atoms with Crippen LogP contribution in [0.4, 0.5) is 11.4 Å². The molecule has 0 amide bonds. The predicted octanol–water partition coefficient (Wildman–Crippen LogP) is 4.30. The van der Waals surface area contributed by atoms with Crippen molar-refractivity contribution >= 4 is 59.4 Å². The molecule has 0 aliphatic carbocycles. The van der Waals surface area contributed by atoms with Crippen LogP contribution < -0.4 is 11.5 Å². The highest BCUT2D eigenvalue weighted by Gasteiger charge is 2.10. The number of aromatic hydroxyl groups is 1. The van der Waals surface area contributed by atoms with Gasteiger partial charge in [0.25, 0.3) is 0 Å². The average Bonchev–Trinajstić information content (AvgIpc) is 2.29. The van der Waals surface area contributed by atoms with Crippen molar-refractivity contribution in [2.24, 2.45) is 0 Å². The normalized spacial score (nSPS) is 9.50. The lowest BCUT2D eigenvalue weighted by Gasteiger charge is -2.10.